The van der Waals surface area contributed by atoms with Crippen LogP contribution in [0.25, 0.3) is 0 Å². The first-order chi connectivity index (χ1) is 9.52. The summed E-state index contributed by atoms with van der Waals surface area (Å²) >= 11 is 0. The topological polar surface area (TPSA) is 15.3 Å². The molecule has 1 aliphatic rings. The molecule has 3 heteroatoms. The minimum Gasteiger partial charge on any atom is -0.309 e. The molecule has 0 saturated carbocycles. The van der Waals surface area contributed by atoms with Gasteiger partial charge in [0.1, 0.15) is 5.82 Å². The number of halogens is 1. The molecule has 0 aliphatic carbocycles. The van der Waals surface area contributed by atoms with Crippen molar-refractivity contribution < 1.29 is 4.39 Å². The molecule has 20 heavy (non-hydrogen) atoms. The maximum Gasteiger partial charge on any atom is 0.123 e. The molecular weight excluding hydrogens is 251 g/mol. The van der Waals surface area contributed by atoms with Crippen LogP contribution in [0.2, 0.25) is 0 Å². The lowest BCUT2D eigenvalue weighted by molar-refractivity contribution is 0.133. The molecule has 1 aromatic rings. The number of rotatable bonds is 5. The normalized spacial score (nSPS) is 20.8. The Morgan fingerprint density at radius 2 is 1.85 bits per heavy atom. The van der Waals surface area contributed by atoms with Crippen LogP contribution in [0.4, 0.5) is 4.39 Å². The Labute approximate surface area is 122 Å². The van der Waals surface area contributed by atoms with E-state index in [1.54, 1.807) is 12.1 Å². The summed E-state index contributed by atoms with van der Waals surface area (Å²) in [6.07, 6.45) is 3.52. The van der Waals surface area contributed by atoms with Crippen LogP contribution in [0, 0.1) is 11.2 Å². The van der Waals surface area contributed by atoms with Crippen LogP contribution in [-0.2, 0) is 0 Å². The molecule has 1 heterocycles. The van der Waals surface area contributed by atoms with Crippen molar-refractivity contribution in [2.24, 2.45) is 5.41 Å². The number of nitrogens with zero attached hydrogens (tertiary/aromatic N) is 1. The molecular formula is C17H27FN2. The molecule has 1 aromatic carbocycles. The minimum absolute atomic E-state index is 0.161. The third-order valence-corrected chi connectivity index (χ3v) is 4.65. The minimum atomic E-state index is -0.161. The van der Waals surface area contributed by atoms with E-state index in [0.717, 1.165) is 13.0 Å². The van der Waals surface area contributed by atoms with Crippen molar-refractivity contribution in [2.45, 2.75) is 39.2 Å². The van der Waals surface area contributed by atoms with Gasteiger partial charge in [0.2, 0.25) is 0 Å². The zero-order valence-electron chi connectivity index (χ0n) is 13.0. The molecule has 0 amide bonds. The maximum absolute atomic E-state index is 13.0. The van der Waals surface area contributed by atoms with Crippen molar-refractivity contribution in [1.29, 1.82) is 0 Å². The van der Waals surface area contributed by atoms with Crippen LogP contribution < -0.4 is 5.32 Å². The van der Waals surface area contributed by atoms with Crippen LogP contribution in [0.1, 0.15) is 44.7 Å². The molecule has 0 bridgehead atoms. The smallest absolute Gasteiger partial charge is 0.123 e. The molecule has 112 valence electrons. The molecule has 1 fully saturated rings. The number of piperidine rings is 1. The highest BCUT2D eigenvalue weighted by atomic mass is 19.1. The van der Waals surface area contributed by atoms with Gasteiger partial charge in [-0.1, -0.05) is 26.0 Å². The second kappa shape index (κ2) is 6.68. The molecule has 0 aromatic heterocycles. The van der Waals surface area contributed by atoms with Gasteiger partial charge in [-0.25, -0.2) is 4.39 Å². The number of benzene rings is 1. The Morgan fingerprint density at radius 1 is 1.25 bits per heavy atom. The molecule has 0 radical (unpaired) electrons. The van der Waals surface area contributed by atoms with Gasteiger partial charge in [0.05, 0.1) is 0 Å². The third kappa shape index (κ3) is 4.03. The second-order valence-corrected chi connectivity index (χ2v) is 6.51. The number of likely N-dealkylation sites (tertiary alicyclic amines) is 1. The highest BCUT2D eigenvalue weighted by Crippen LogP contribution is 2.30. The van der Waals surface area contributed by atoms with Crippen LogP contribution in [0.15, 0.2) is 24.3 Å². The van der Waals surface area contributed by atoms with Crippen molar-refractivity contribution in [3.8, 4) is 0 Å². The summed E-state index contributed by atoms with van der Waals surface area (Å²) in [7, 11) is 2.19. The largest absolute Gasteiger partial charge is 0.309 e. The standard InChI is InChI=1S/C17H27FN2/c1-4-16(14-5-7-15(18)8-6-14)19-13-17(2)9-11-20(3)12-10-17/h5-8,16,19H,4,9-13H2,1-3H3. The van der Waals surface area contributed by atoms with E-state index >= 15 is 0 Å². The van der Waals surface area contributed by atoms with Crippen molar-refractivity contribution in [2.75, 3.05) is 26.7 Å². The van der Waals surface area contributed by atoms with Gasteiger partial charge < -0.3 is 10.2 Å². The van der Waals surface area contributed by atoms with E-state index in [-0.39, 0.29) is 5.82 Å². The molecule has 1 unspecified atom stereocenters. The maximum atomic E-state index is 13.0. The first-order valence-electron chi connectivity index (χ1n) is 7.70. The van der Waals surface area contributed by atoms with E-state index < -0.39 is 0 Å². The van der Waals surface area contributed by atoms with Gasteiger partial charge in [0, 0.05) is 12.6 Å². The Bertz CT molecular complexity index is 408. The van der Waals surface area contributed by atoms with Crippen molar-refractivity contribution >= 4 is 0 Å². The summed E-state index contributed by atoms with van der Waals surface area (Å²) in [5, 5.41) is 3.69. The van der Waals surface area contributed by atoms with E-state index in [1.807, 2.05) is 12.1 Å². The van der Waals surface area contributed by atoms with Gasteiger partial charge in [0.25, 0.3) is 0 Å². The Hall–Kier alpha value is -0.930. The zero-order chi connectivity index (χ0) is 14.6. The van der Waals surface area contributed by atoms with Crippen LogP contribution in [-0.4, -0.2) is 31.6 Å². The molecule has 2 nitrogen and oxygen atoms in total. The third-order valence-electron chi connectivity index (χ3n) is 4.65. The molecule has 1 aliphatic heterocycles. The van der Waals surface area contributed by atoms with Gasteiger partial charge in [-0.3, -0.25) is 0 Å². The van der Waals surface area contributed by atoms with E-state index in [1.165, 1.54) is 31.5 Å². The summed E-state index contributed by atoms with van der Waals surface area (Å²) in [6, 6.07) is 7.22. The fourth-order valence-electron chi connectivity index (χ4n) is 2.90. The van der Waals surface area contributed by atoms with Crippen LogP contribution in [0.3, 0.4) is 0 Å². The lowest BCUT2D eigenvalue weighted by Crippen LogP contribution is -2.42. The second-order valence-electron chi connectivity index (χ2n) is 6.51. The lowest BCUT2D eigenvalue weighted by atomic mass is 9.80. The number of hydrogen-bond acceptors (Lipinski definition) is 2. The van der Waals surface area contributed by atoms with Crippen LogP contribution >= 0.6 is 0 Å². The highest BCUT2D eigenvalue weighted by molar-refractivity contribution is 5.19. The van der Waals surface area contributed by atoms with E-state index in [2.05, 4.69) is 31.1 Å². The van der Waals surface area contributed by atoms with Gasteiger partial charge in [-0.05, 0) is 62.5 Å². The molecule has 1 N–H and O–H groups in total. The first kappa shape index (κ1) is 15.5. The first-order valence-corrected chi connectivity index (χ1v) is 7.70. The van der Waals surface area contributed by atoms with Crippen molar-refractivity contribution in [1.82, 2.24) is 10.2 Å². The molecule has 1 atom stereocenters. The number of hydrogen-bond donors (Lipinski definition) is 1. The van der Waals surface area contributed by atoms with E-state index in [4.69, 9.17) is 0 Å². The summed E-state index contributed by atoms with van der Waals surface area (Å²) in [5.41, 5.74) is 1.57. The van der Waals surface area contributed by atoms with Crippen molar-refractivity contribution in [3.63, 3.8) is 0 Å². The Morgan fingerprint density at radius 3 is 2.40 bits per heavy atom. The van der Waals surface area contributed by atoms with E-state index in [0.29, 0.717) is 11.5 Å². The highest BCUT2D eigenvalue weighted by Gasteiger charge is 2.29. The van der Waals surface area contributed by atoms with Gasteiger partial charge in [-0.15, -0.1) is 0 Å². The Kier molecular flexibility index (Phi) is 5.17. The number of nitrogens with one attached hydrogen (secondary N) is 1. The fraction of sp³-hybridized carbons (Fsp3) is 0.647. The SMILES string of the molecule is CCC(NCC1(C)CCN(C)CC1)c1ccc(F)cc1. The summed E-state index contributed by atoms with van der Waals surface area (Å²) in [4.78, 5) is 2.40. The van der Waals surface area contributed by atoms with Gasteiger partial charge in [-0.2, -0.15) is 0 Å². The quantitative estimate of drug-likeness (QED) is 0.885. The molecule has 0 spiro atoms. The monoisotopic (exact) mass is 278 g/mol. The summed E-state index contributed by atoms with van der Waals surface area (Å²) < 4.78 is 13.0. The predicted molar refractivity (Wildman–Crippen MR) is 82.3 cm³/mol. The van der Waals surface area contributed by atoms with Gasteiger partial charge in [0.15, 0.2) is 0 Å². The molecule has 2 rings (SSSR count). The summed E-state index contributed by atoms with van der Waals surface area (Å²) in [6.45, 7) is 7.97. The fourth-order valence-corrected chi connectivity index (χ4v) is 2.90. The lowest BCUT2D eigenvalue weighted by Gasteiger charge is -2.39. The summed E-state index contributed by atoms with van der Waals surface area (Å²) in [5.74, 6) is -0.161. The van der Waals surface area contributed by atoms with Crippen LogP contribution in [0.5, 0.6) is 0 Å². The van der Waals surface area contributed by atoms with Gasteiger partial charge >= 0.3 is 0 Å². The predicted octanol–water partition coefficient (Wildman–Crippen LogP) is 3.60. The average molecular weight is 278 g/mol. The average Bonchev–Trinajstić information content (AvgIpc) is 2.45. The Balaban J connectivity index is 1.92. The molecule has 1 saturated heterocycles. The van der Waals surface area contributed by atoms with Crippen molar-refractivity contribution in [3.05, 3.63) is 35.6 Å². The van der Waals surface area contributed by atoms with E-state index in [9.17, 15) is 4.39 Å². The zero-order valence-corrected chi connectivity index (χ0v) is 13.0.